The summed E-state index contributed by atoms with van der Waals surface area (Å²) in [5, 5.41) is 12.9. The number of nitrogens with zero attached hydrogens (tertiary/aromatic N) is 3. The molecule has 0 saturated carbocycles. The Hall–Kier alpha value is -2.49. The Morgan fingerprint density at radius 3 is 2.23 bits per heavy atom. The highest BCUT2D eigenvalue weighted by atomic mass is 32.2. The van der Waals surface area contributed by atoms with Gasteiger partial charge in [0.25, 0.3) is 0 Å². The topological polar surface area (TPSA) is 55.7 Å². The van der Waals surface area contributed by atoms with Crippen molar-refractivity contribution >= 4 is 40.2 Å². The van der Waals surface area contributed by atoms with E-state index in [4.69, 9.17) is 0 Å². The summed E-state index contributed by atoms with van der Waals surface area (Å²) in [6, 6.07) is 6.95. The number of ketones is 1. The number of aryl methyl sites for hydroxylation is 2. The maximum absolute atomic E-state index is 13.9. The molecule has 0 aliphatic carbocycles. The Morgan fingerprint density at radius 1 is 0.967 bits per heavy atom. The number of hydrogen-bond acceptors (Lipinski definition) is 7. The minimum absolute atomic E-state index is 0.0789. The number of carbonyl (C=O) groups excluding carboxylic acids is 1. The van der Waals surface area contributed by atoms with Crippen LogP contribution >= 0.6 is 34.4 Å². The molecule has 0 bridgehead atoms. The fourth-order valence-electron chi connectivity index (χ4n) is 2.84. The average molecular weight is 460 g/mol. The van der Waals surface area contributed by atoms with Crippen molar-refractivity contribution in [1.82, 2.24) is 15.2 Å². The van der Waals surface area contributed by atoms with Crippen molar-refractivity contribution in [2.24, 2.45) is 0 Å². The van der Waals surface area contributed by atoms with Crippen LogP contribution < -0.4 is 0 Å². The van der Waals surface area contributed by atoms with Crippen molar-refractivity contribution in [3.05, 3.63) is 69.4 Å². The normalized spacial score (nSPS) is 11.1. The molecule has 9 heteroatoms. The van der Waals surface area contributed by atoms with Crippen molar-refractivity contribution in [3.63, 3.8) is 0 Å². The molecule has 0 fully saturated rings. The number of Topliss-reactive ketones (excluding diaryl/α,β-unsaturated/α-hetero) is 1. The summed E-state index contributed by atoms with van der Waals surface area (Å²) in [6.45, 7) is 4.02. The second-order valence-electron chi connectivity index (χ2n) is 6.49. The van der Waals surface area contributed by atoms with Crippen molar-refractivity contribution in [2.75, 3.05) is 5.75 Å². The van der Waals surface area contributed by atoms with E-state index in [1.165, 1.54) is 0 Å². The largest absolute Gasteiger partial charge is 0.293 e. The number of thioether (sulfide) groups is 1. The number of aromatic nitrogens is 3. The first-order valence-corrected chi connectivity index (χ1v) is 11.6. The monoisotopic (exact) mass is 459 g/mol. The van der Waals surface area contributed by atoms with Crippen molar-refractivity contribution < 1.29 is 13.6 Å². The van der Waals surface area contributed by atoms with Gasteiger partial charge in [0.15, 0.2) is 5.78 Å². The highest BCUT2D eigenvalue weighted by Gasteiger charge is 2.20. The number of thiophene rings is 2. The molecular weight excluding hydrogens is 444 g/mol. The molecule has 4 nitrogen and oxygen atoms in total. The molecule has 0 spiro atoms. The number of halogens is 2. The molecule has 0 atom stereocenters. The Balaban J connectivity index is 1.64. The lowest BCUT2D eigenvalue weighted by molar-refractivity contribution is 0.101. The molecule has 0 amide bonds. The van der Waals surface area contributed by atoms with Gasteiger partial charge in [-0.1, -0.05) is 11.8 Å². The van der Waals surface area contributed by atoms with Crippen LogP contribution in [0.25, 0.3) is 21.1 Å². The second kappa shape index (κ2) is 8.71. The van der Waals surface area contributed by atoms with Gasteiger partial charge in [-0.05, 0) is 60.0 Å². The van der Waals surface area contributed by atoms with E-state index < -0.39 is 17.4 Å². The van der Waals surface area contributed by atoms with Crippen LogP contribution in [0.5, 0.6) is 0 Å². The fraction of sp³-hybridized carbons (Fsp3) is 0.143. The average Bonchev–Trinajstić information content (AvgIpc) is 3.34. The molecular formula is C21H15F2N3OS3. The predicted molar refractivity (Wildman–Crippen MR) is 117 cm³/mol. The smallest absolute Gasteiger partial charge is 0.210 e. The Kier molecular flexibility index (Phi) is 6.03. The summed E-state index contributed by atoms with van der Waals surface area (Å²) in [7, 11) is 0. The van der Waals surface area contributed by atoms with Gasteiger partial charge in [-0.25, -0.2) is 13.8 Å². The quantitative estimate of drug-likeness (QED) is 0.254. The summed E-state index contributed by atoms with van der Waals surface area (Å²) in [6.07, 6.45) is 0. The maximum atomic E-state index is 13.9. The van der Waals surface area contributed by atoms with Crippen LogP contribution in [0.3, 0.4) is 0 Å². The third-order valence-corrected chi connectivity index (χ3v) is 7.27. The lowest BCUT2D eigenvalue weighted by atomic mass is 10.1. The second-order valence-corrected chi connectivity index (χ2v) is 9.27. The first-order valence-electron chi connectivity index (χ1n) is 8.88. The number of benzene rings is 1. The van der Waals surface area contributed by atoms with E-state index in [1.807, 2.05) is 36.7 Å². The van der Waals surface area contributed by atoms with E-state index >= 15 is 0 Å². The van der Waals surface area contributed by atoms with Crippen LogP contribution in [0.4, 0.5) is 8.78 Å². The molecule has 0 unspecified atom stereocenters. The zero-order chi connectivity index (χ0) is 21.3. The number of carbonyl (C=O) groups is 1. The van der Waals surface area contributed by atoms with E-state index in [0.29, 0.717) is 22.6 Å². The fourth-order valence-corrected chi connectivity index (χ4v) is 5.34. The molecule has 0 radical (unpaired) electrons. The Bertz CT molecular complexity index is 1240. The maximum Gasteiger partial charge on any atom is 0.210 e. The van der Waals surface area contributed by atoms with Crippen LogP contribution in [-0.4, -0.2) is 26.7 Å². The number of rotatable bonds is 6. The van der Waals surface area contributed by atoms with E-state index in [2.05, 4.69) is 15.2 Å². The molecule has 3 aromatic heterocycles. The highest BCUT2D eigenvalue weighted by Crippen LogP contribution is 2.38. The summed E-state index contributed by atoms with van der Waals surface area (Å²) < 4.78 is 26.9. The first kappa shape index (κ1) is 20.8. The molecule has 0 aliphatic heterocycles. The SMILES string of the molecule is Cc1ccsc1-c1nnc(SCC(=O)c2ccc(F)cc2F)nc1-c1sccc1C. The molecule has 30 heavy (non-hydrogen) atoms. The zero-order valence-corrected chi connectivity index (χ0v) is 18.4. The predicted octanol–water partition coefficient (Wildman–Crippen LogP) is 6.20. The van der Waals surface area contributed by atoms with Crippen molar-refractivity contribution in [1.29, 1.82) is 0 Å². The minimum Gasteiger partial charge on any atom is -0.293 e. The van der Waals surface area contributed by atoms with Crippen LogP contribution in [0, 0.1) is 25.5 Å². The summed E-state index contributed by atoms with van der Waals surface area (Å²) in [4.78, 5) is 19.0. The van der Waals surface area contributed by atoms with Gasteiger partial charge in [-0.15, -0.1) is 32.9 Å². The first-order chi connectivity index (χ1) is 14.4. The highest BCUT2D eigenvalue weighted by molar-refractivity contribution is 7.99. The Labute approximate surface area is 184 Å². The molecule has 152 valence electrons. The van der Waals surface area contributed by atoms with Crippen LogP contribution in [0.15, 0.2) is 46.2 Å². The van der Waals surface area contributed by atoms with Gasteiger partial charge < -0.3 is 0 Å². The van der Waals surface area contributed by atoms with Gasteiger partial charge in [-0.2, -0.15) is 0 Å². The van der Waals surface area contributed by atoms with Crippen molar-refractivity contribution in [2.45, 2.75) is 19.0 Å². The third kappa shape index (κ3) is 4.19. The summed E-state index contributed by atoms with van der Waals surface area (Å²) in [5.41, 5.74) is 3.43. The zero-order valence-electron chi connectivity index (χ0n) is 16.0. The third-order valence-electron chi connectivity index (χ3n) is 4.39. The summed E-state index contributed by atoms with van der Waals surface area (Å²) in [5.74, 6) is -2.14. The van der Waals surface area contributed by atoms with Crippen LogP contribution in [-0.2, 0) is 0 Å². The molecule has 4 rings (SSSR count). The molecule has 1 aromatic carbocycles. The lowest BCUT2D eigenvalue weighted by Crippen LogP contribution is -2.07. The standard InChI is InChI=1S/C21H15F2N3OS3/c1-11-5-7-28-19(11)17-18(20-12(2)6-8-29-20)25-26-21(24-17)30-10-16(27)14-4-3-13(22)9-15(14)23/h3-9H,10H2,1-2H3. The number of hydrogen-bond donors (Lipinski definition) is 0. The van der Waals surface area contributed by atoms with E-state index in [-0.39, 0.29) is 11.3 Å². The van der Waals surface area contributed by atoms with Gasteiger partial charge in [0.2, 0.25) is 5.16 Å². The molecule has 3 heterocycles. The van der Waals surface area contributed by atoms with Gasteiger partial charge in [0, 0.05) is 6.07 Å². The van der Waals surface area contributed by atoms with Gasteiger partial charge in [-0.3, -0.25) is 4.79 Å². The lowest BCUT2D eigenvalue weighted by Gasteiger charge is -2.08. The van der Waals surface area contributed by atoms with E-state index in [1.54, 1.807) is 22.7 Å². The van der Waals surface area contributed by atoms with Crippen LogP contribution in [0.1, 0.15) is 21.5 Å². The van der Waals surface area contributed by atoms with Gasteiger partial charge >= 0.3 is 0 Å². The molecule has 0 N–H and O–H groups in total. The van der Waals surface area contributed by atoms with Crippen LogP contribution in [0.2, 0.25) is 0 Å². The van der Waals surface area contributed by atoms with Gasteiger partial charge in [0.1, 0.15) is 23.0 Å². The molecule has 0 aliphatic rings. The molecule has 0 saturated heterocycles. The van der Waals surface area contributed by atoms with Gasteiger partial charge in [0.05, 0.1) is 21.1 Å². The molecule has 4 aromatic rings. The van der Waals surface area contributed by atoms with E-state index in [9.17, 15) is 13.6 Å². The summed E-state index contributed by atoms with van der Waals surface area (Å²) >= 11 is 4.22. The van der Waals surface area contributed by atoms with Crippen molar-refractivity contribution in [3.8, 4) is 21.1 Å². The minimum atomic E-state index is -0.877. The Morgan fingerprint density at radius 2 is 1.63 bits per heavy atom. The van der Waals surface area contributed by atoms with E-state index in [0.717, 1.165) is 44.8 Å².